The summed E-state index contributed by atoms with van der Waals surface area (Å²) in [4.78, 5) is 0. The first-order chi connectivity index (χ1) is 8.63. The zero-order chi connectivity index (χ0) is 13.6. The van der Waals surface area contributed by atoms with Crippen LogP contribution in [0.3, 0.4) is 0 Å². The van der Waals surface area contributed by atoms with Crippen molar-refractivity contribution in [2.45, 2.75) is 38.5 Å². The molecule has 6 heteroatoms. The van der Waals surface area contributed by atoms with Crippen LogP contribution in [0.1, 0.15) is 26.7 Å². The smallest absolute Gasteiger partial charge is 0.380 e. The fourth-order valence-corrected chi connectivity index (χ4v) is 4.44. The van der Waals surface area contributed by atoms with E-state index in [0.717, 1.165) is 26.1 Å². The second-order valence-corrected chi connectivity index (χ2v) is 7.71. The van der Waals surface area contributed by atoms with Gasteiger partial charge in [0, 0.05) is 27.2 Å². The van der Waals surface area contributed by atoms with Crippen molar-refractivity contribution in [2.75, 3.05) is 34.5 Å². The molecule has 2 atom stereocenters. The molecule has 5 nitrogen and oxygen atoms in total. The molecule has 1 fully saturated rings. The van der Waals surface area contributed by atoms with E-state index in [9.17, 15) is 0 Å². The third-order valence-corrected chi connectivity index (χ3v) is 6.43. The van der Waals surface area contributed by atoms with Gasteiger partial charge >= 0.3 is 8.80 Å². The first kappa shape index (κ1) is 16.1. The third kappa shape index (κ3) is 3.52. The predicted octanol–water partition coefficient (Wildman–Crippen LogP) is 1.62. The molecule has 0 aliphatic carbocycles. The molecule has 0 bridgehead atoms. The highest BCUT2D eigenvalue weighted by atomic mass is 28.4. The number of hydrogen-bond acceptors (Lipinski definition) is 5. The first-order valence-electron chi connectivity index (χ1n) is 6.52. The second kappa shape index (κ2) is 7.57. The summed E-state index contributed by atoms with van der Waals surface area (Å²) in [7, 11) is 2.15. The Morgan fingerprint density at radius 1 is 1.17 bits per heavy atom. The van der Waals surface area contributed by atoms with Crippen LogP contribution >= 0.6 is 0 Å². The van der Waals surface area contributed by atoms with E-state index in [1.807, 2.05) is 0 Å². The van der Waals surface area contributed by atoms with Crippen LogP contribution in [-0.2, 0) is 22.8 Å². The number of hydrogen-bond donors (Lipinski definition) is 0. The molecule has 108 valence electrons. The minimum absolute atomic E-state index is 0.113. The van der Waals surface area contributed by atoms with Crippen molar-refractivity contribution in [3.63, 3.8) is 0 Å². The van der Waals surface area contributed by atoms with E-state index in [-0.39, 0.29) is 11.8 Å². The van der Waals surface area contributed by atoms with Gasteiger partial charge in [-0.1, -0.05) is 13.3 Å². The van der Waals surface area contributed by atoms with Crippen molar-refractivity contribution < 1.29 is 22.8 Å². The molecular weight excluding hydrogens is 252 g/mol. The lowest BCUT2D eigenvalue weighted by molar-refractivity contribution is -0.126. The number of ether oxygens (including phenoxy) is 2. The Bertz CT molecular complexity index is 222. The van der Waals surface area contributed by atoms with Gasteiger partial charge in [0.2, 0.25) is 0 Å². The summed E-state index contributed by atoms with van der Waals surface area (Å²) in [5.41, 5.74) is -0.113. The Hall–Kier alpha value is 0.0169. The molecule has 2 unspecified atom stereocenters. The quantitative estimate of drug-likeness (QED) is 0.600. The zero-order valence-corrected chi connectivity index (χ0v) is 13.1. The Kier molecular flexibility index (Phi) is 6.76. The summed E-state index contributed by atoms with van der Waals surface area (Å²) < 4.78 is 27.9. The van der Waals surface area contributed by atoms with Crippen molar-refractivity contribution in [1.29, 1.82) is 0 Å². The molecule has 0 N–H and O–H groups in total. The summed E-state index contributed by atoms with van der Waals surface area (Å²) in [5.74, 6) is 0.474. The highest BCUT2D eigenvalue weighted by molar-refractivity contribution is 6.62. The van der Waals surface area contributed by atoms with Gasteiger partial charge in [-0.3, -0.25) is 0 Å². The van der Waals surface area contributed by atoms with E-state index in [2.05, 4.69) is 13.8 Å². The average molecular weight is 278 g/mol. The molecule has 1 rings (SSSR count). The topological polar surface area (TPSA) is 46.2 Å². The minimum atomic E-state index is -2.73. The summed E-state index contributed by atoms with van der Waals surface area (Å²) in [6.07, 6.45) is 2.02. The van der Waals surface area contributed by atoms with E-state index < -0.39 is 8.80 Å². The van der Waals surface area contributed by atoms with Crippen molar-refractivity contribution in [1.82, 2.24) is 0 Å². The Morgan fingerprint density at radius 3 is 2.06 bits per heavy atom. The van der Waals surface area contributed by atoms with Gasteiger partial charge in [0.05, 0.1) is 19.3 Å². The van der Waals surface area contributed by atoms with E-state index in [1.165, 1.54) is 0 Å². The van der Waals surface area contributed by atoms with Gasteiger partial charge in [-0.2, -0.15) is 0 Å². The lowest BCUT2D eigenvalue weighted by Gasteiger charge is -2.38. The van der Waals surface area contributed by atoms with Gasteiger partial charge in [-0.25, -0.2) is 0 Å². The molecule has 0 radical (unpaired) electrons. The molecule has 0 saturated carbocycles. The summed E-state index contributed by atoms with van der Waals surface area (Å²) >= 11 is 0. The van der Waals surface area contributed by atoms with E-state index in [0.29, 0.717) is 5.92 Å². The molecule has 0 aromatic carbocycles. The summed E-state index contributed by atoms with van der Waals surface area (Å²) in [6, 6.07) is 0. The minimum Gasteiger partial charge on any atom is -0.380 e. The Balaban J connectivity index is 2.66. The SMILES string of the molecule is CCCC(OC(C)C1COC1)[Si](OC)(OC)OC. The van der Waals surface area contributed by atoms with Crippen molar-refractivity contribution in [3.05, 3.63) is 0 Å². The van der Waals surface area contributed by atoms with Gasteiger partial charge in [0.1, 0.15) is 5.73 Å². The van der Waals surface area contributed by atoms with Crippen LogP contribution in [0, 0.1) is 5.92 Å². The predicted molar refractivity (Wildman–Crippen MR) is 70.3 cm³/mol. The van der Waals surface area contributed by atoms with Crippen LogP contribution in [-0.4, -0.2) is 55.2 Å². The lowest BCUT2D eigenvalue weighted by atomic mass is 10.0. The highest BCUT2D eigenvalue weighted by Crippen LogP contribution is 2.25. The van der Waals surface area contributed by atoms with Gasteiger partial charge in [0.25, 0.3) is 0 Å². The largest absolute Gasteiger partial charge is 0.530 e. The molecule has 1 saturated heterocycles. The monoisotopic (exact) mass is 278 g/mol. The normalized spacial score (nSPS) is 20.5. The maximum Gasteiger partial charge on any atom is 0.530 e. The zero-order valence-electron chi connectivity index (χ0n) is 12.1. The van der Waals surface area contributed by atoms with Gasteiger partial charge in [-0.15, -0.1) is 0 Å². The van der Waals surface area contributed by atoms with Crippen LogP contribution in [0.5, 0.6) is 0 Å². The maximum absolute atomic E-state index is 6.14. The van der Waals surface area contributed by atoms with Crippen LogP contribution in [0.15, 0.2) is 0 Å². The second-order valence-electron chi connectivity index (χ2n) is 4.63. The van der Waals surface area contributed by atoms with E-state index in [1.54, 1.807) is 21.3 Å². The van der Waals surface area contributed by atoms with Crippen LogP contribution < -0.4 is 0 Å². The van der Waals surface area contributed by atoms with Crippen LogP contribution in [0.25, 0.3) is 0 Å². The average Bonchev–Trinajstić information content (AvgIpc) is 2.30. The molecule has 0 amide bonds. The molecular formula is C12H26O5Si. The molecule has 18 heavy (non-hydrogen) atoms. The van der Waals surface area contributed by atoms with Crippen molar-refractivity contribution in [3.8, 4) is 0 Å². The van der Waals surface area contributed by atoms with Crippen molar-refractivity contribution >= 4 is 8.80 Å². The van der Waals surface area contributed by atoms with E-state index >= 15 is 0 Å². The Labute approximate surface area is 111 Å². The number of rotatable bonds is 9. The standard InChI is InChI=1S/C12H26O5Si/c1-6-7-12(18(13-3,14-4)15-5)17-10(2)11-8-16-9-11/h10-12H,6-9H2,1-5H3. The summed E-state index contributed by atoms with van der Waals surface area (Å²) in [6.45, 7) is 5.76. The highest BCUT2D eigenvalue weighted by Gasteiger charge is 2.49. The fourth-order valence-electron chi connectivity index (χ4n) is 2.13. The van der Waals surface area contributed by atoms with Crippen LogP contribution in [0.4, 0.5) is 0 Å². The fraction of sp³-hybridized carbons (Fsp3) is 1.00. The van der Waals surface area contributed by atoms with Gasteiger partial charge in [0.15, 0.2) is 0 Å². The van der Waals surface area contributed by atoms with E-state index in [4.69, 9.17) is 22.8 Å². The molecule has 1 heterocycles. The molecule has 1 aliphatic rings. The van der Waals surface area contributed by atoms with Gasteiger partial charge < -0.3 is 22.8 Å². The first-order valence-corrected chi connectivity index (χ1v) is 8.32. The summed E-state index contributed by atoms with van der Waals surface area (Å²) in [5, 5.41) is 0. The lowest BCUT2D eigenvalue weighted by Crippen LogP contribution is -2.57. The molecule has 1 aliphatic heterocycles. The molecule has 0 spiro atoms. The van der Waals surface area contributed by atoms with Gasteiger partial charge in [-0.05, 0) is 13.3 Å². The molecule has 0 aromatic rings. The molecule has 0 aromatic heterocycles. The third-order valence-electron chi connectivity index (χ3n) is 3.51. The Morgan fingerprint density at radius 2 is 1.72 bits per heavy atom. The van der Waals surface area contributed by atoms with Crippen LogP contribution in [0.2, 0.25) is 0 Å². The van der Waals surface area contributed by atoms with Crippen molar-refractivity contribution in [2.24, 2.45) is 5.92 Å². The maximum atomic E-state index is 6.14.